The molecule has 1 aliphatic heterocycles. The molecule has 3 aromatic rings. The molecule has 1 saturated heterocycles. The molecule has 4 rings (SSSR count). The van der Waals surface area contributed by atoms with E-state index in [0.717, 1.165) is 16.6 Å². The first kappa shape index (κ1) is 22.8. The van der Waals surface area contributed by atoms with Gasteiger partial charge in [-0.25, -0.2) is 8.42 Å². The van der Waals surface area contributed by atoms with Crippen molar-refractivity contribution in [1.82, 2.24) is 14.2 Å². The SMILES string of the molecule is CC(C)c1cc(C(=O)N2CCN(S(=O)(=O)c3ccccc3[N+](=O)[O-])CC2)c2ccccc2n1. The van der Waals surface area contributed by atoms with Crippen LogP contribution in [0, 0.1) is 10.1 Å². The lowest BCUT2D eigenvalue weighted by Gasteiger charge is -2.34. The molecule has 1 aliphatic rings. The van der Waals surface area contributed by atoms with Crippen molar-refractivity contribution in [2.75, 3.05) is 26.2 Å². The van der Waals surface area contributed by atoms with Gasteiger partial charge in [0, 0.05) is 43.3 Å². The van der Waals surface area contributed by atoms with Crippen LogP contribution in [-0.4, -0.2) is 59.6 Å². The zero-order valence-corrected chi connectivity index (χ0v) is 19.2. The van der Waals surface area contributed by atoms with E-state index in [1.165, 1.54) is 28.6 Å². The Morgan fingerprint density at radius 1 is 1.03 bits per heavy atom. The van der Waals surface area contributed by atoms with Gasteiger partial charge in [-0.05, 0) is 24.1 Å². The Morgan fingerprint density at radius 3 is 2.33 bits per heavy atom. The lowest BCUT2D eigenvalue weighted by molar-refractivity contribution is -0.387. The first-order chi connectivity index (χ1) is 15.7. The predicted molar refractivity (Wildman–Crippen MR) is 124 cm³/mol. The van der Waals surface area contributed by atoms with Crippen molar-refractivity contribution in [1.29, 1.82) is 0 Å². The molecule has 2 heterocycles. The van der Waals surface area contributed by atoms with E-state index in [1.54, 1.807) is 4.90 Å². The quantitative estimate of drug-likeness (QED) is 0.419. The number of aromatic nitrogens is 1. The van der Waals surface area contributed by atoms with Gasteiger partial charge in [-0.15, -0.1) is 0 Å². The van der Waals surface area contributed by atoms with Crippen LogP contribution in [0.5, 0.6) is 0 Å². The molecule has 172 valence electrons. The topological polar surface area (TPSA) is 114 Å². The Hall–Kier alpha value is -3.37. The monoisotopic (exact) mass is 468 g/mol. The number of carbonyl (C=O) groups excluding carboxylic acids is 1. The number of carbonyl (C=O) groups is 1. The summed E-state index contributed by atoms with van der Waals surface area (Å²) in [6.45, 7) is 4.51. The molecule has 0 aliphatic carbocycles. The number of amides is 1. The van der Waals surface area contributed by atoms with Crippen LogP contribution >= 0.6 is 0 Å². The highest BCUT2D eigenvalue weighted by Gasteiger charge is 2.34. The van der Waals surface area contributed by atoms with E-state index in [2.05, 4.69) is 4.98 Å². The number of para-hydroxylation sites is 2. The van der Waals surface area contributed by atoms with Crippen molar-refractivity contribution in [3.8, 4) is 0 Å². The third-order valence-electron chi connectivity index (χ3n) is 5.76. The number of sulfonamides is 1. The molecule has 2 aromatic carbocycles. The molecule has 1 fully saturated rings. The van der Waals surface area contributed by atoms with Crippen LogP contribution in [0.3, 0.4) is 0 Å². The Bertz CT molecular complexity index is 1330. The van der Waals surface area contributed by atoms with Gasteiger partial charge in [0.15, 0.2) is 4.90 Å². The summed E-state index contributed by atoms with van der Waals surface area (Å²) in [6.07, 6.45) is 0. The minimum Gasteiger partial charge on any atom is -0.336 e. The zero-order chi connectivity index (χ0) is 23.8. The van der Waals surface area contributed by atoms with Gasteiger partial charge in [0.25, 0.3) is 11.6 Å². The molecule has 33 heavy (non-hydrogen) atoms. The summed E-state index contributed by atoms with van der Waals surface area (Å²) in [7, 11) is -4.06. The fourth-order valence-corrected chi connectivity index (χ4v) is 5.52. The highest BCUT2D eigenvalue weighted by Crippen LogP contribution is 2.28. The van der Waals surface area contributed by atoms with Gasteiger partial charge in [0.2, 0.25) is 10.0 Å². The van der Waals surface area contributed by atoms with E-state index >= 15 is 0 Å². The molecule has 0 unspecified atom stereocenters. The molecule has 0 bridgehead atoms. The number of hydrogen-bond acceptors (Lipinski definition) is 6. The Labute approximate surface area is 191 Å². The lowest BCUT2D eigenvalue weighted by Crippen LogP contribution is -2.50. The molecular weight excluding hydrogens is 444 g/mol. The third-order valence-corrected chi connectivity index (χ3v) is 7.71. The molecule has 10 heteroatoms. The Balaban J connectivity index is 1.58. The van der Waals surface area contributed by atoms with Crippen molar-refractivity contribution in [3.63, 3.8) is 0 Å². The van der Waals surface area contributed by atoms with Crippen LogP contribution in [0.4, 0.5) is 5.69 Å². The van der Waals surface area contributed by atoms with E-state index in [0.29, 0.717) is 5.56 Å². The fraction of sp³-hybridized carbons (Fsp3) is 0.304. The Kier molecular flexibility index (Phi) is 6.13. The lowest BCUT2D eigenvalue weighted by atomic mass is 10.0. The average Bonchev–Trinajstić information content (AvgIpc) is 2.82. The molecular formula is C23H24N4O5S. The van der Waals surface area contributed by atoms with Gasteiger partial charge in [-0.3, -0.25) is 19.9 Å². The first-order valence-electron chi connectivity index (χ1n) is 10.6. The maximum atomic E-state index is 13.4. The number of hydrogen-bond donors (Lipinski definition) is 0. The summed E-state index contributed by atoms with van der Waals surface area (Å²) in [6, 6.07) is 14.6. The van der Waals surface area contributed by atoms with E-state index in [1.807, 2.05) is 44.2 Å². The molecule has 0 N–H and O–H groups in total. The van der Waals surface area contributed by atoms with Crippen LogP contribution in [0.2, 0.25) is 0 Å². The molecule has 9 nitrogen and oxygen atoms in total. The molecule has 1 aromatic heterocycles. The van der Waals surface area contributed by atoms with Crippen LogP contribution in [-0.2, 0) is 10.0 Å². The maximum absolute atomic E-state index is 13.4. The number of pyridine rings is 1. The highest BCUT2D eigenvalue weighted by atomic mass is 32.2. The second-order valence-corrected chi connectivity index (χ2v) is 10.1. The van der Waals surface area contributed by atoms with Crippen molar-refractivity contribution < 1.29 is 18.1 Å². The first-order valence-corrected chi connectivity index (χ1v) is 12.1. The van der Waals surface area contributed by atoms with Gasteiger partial charge in [-0.1, -0.05) is 44.2 Å². The summed E-state index contributed by atoms with van der Waals surface area (Å²) in [4.78, 5) is 29.9. The van der Waals surface area contributed by atoms with E-state index in [9.17, 15) is 23.3 Å². The molecule has 0 atom stereocenters. The van der Waals surface area contributed by atoms with Crippen molar-refractivity contribution in [2.24, 2.45) is 0 Å². The molecule has 0 saturated carbocycles. The second kappa shape index (κ2) is 8.87. The highest BCUT2D eigenvalue weighted by molar-refractivity contribution is 7.89. The molecule has 0 spiro atoms. The zero-order valence-electron chi connectivity index (χ0n) is 18.3. The number of rotatable bonds is 5. The van der Waals surface area contributed by atoms with E-state index in [-0.39, 0.29) is 42.9 Å². The number of piperazine rings is 1. The Morgan fingerprint density at radius 2 is 1.67 bits per heavy atom. The molecule has 0 radical (unpaired) electrons. The van der Waals surface area contributed by atoms with Crippen LogP contribution in [0.15, 0.2) is 59.5 Å². The summed E-state index contributed by atoms with van der Waals surface area (Å²) in [5, 5.41) is 12.0. The maximum Gasteiger partial charge on any atom is 0.289 e. The smallest absolute Gasteiger partial charge is 0.289 e. The summed E-state index contributed by atoms with van der Waals surface area (Å²) in [5.74, 6) is -0.0388. The van der Waals surface area contributed by atoms with Gasteiger partial charge < -0.3 is 4.90 Å². The van der Waals surface area contributed by atoms with Crippen LogP contribution in [0.25, 0.3) is 10.9 Å². The predicted octanol–water partition coefficient (Wildman–Crippen LogP) is 3.41. The van der Waals surface area contributed by atoms with E-state index < -0.39 is 20.6 Å². The molecule has 1 amide bonds. The van der Waals surface area contributed by atoms with Crippen molar-refractivity contribution in [2.45, 2.75) is 24.7 Å². The fourth-order valence-electron chi connectivity index (χ4n) is 3.94. The van der Waals surface area contributed by atoms with Crippen LogP contribution in [0.1, 0.15) is 35.8 Å². The van der Waals surface area contributed by atoms with Gasteiger partial charge in [0.1, 0.15) is 0 Å². The minimum atomic E-state index is -4.06. The van der Waals surface area contributed by atoms with Crippen molar-refractivity contribution in [3.05, 3.63) is 76.0 Å². The van der Waals surface area contributed by atoms with Gasteiger partial charge in [0.05, 0.1) is 16.0 Å². The minimum absolute atomic E-state index is 0.0557. The van der Waals surface area contributed by atoms with Crippen molar-refractivity contribution >= 4 is 32.5 Å². The number of nitro benzene ring substituents is 1. The summed E-state index contributed by atoms with van der Waals surface area (Å²) in [5.41, 5.74) is 1.64. The largest absolute Gasteiger partial charge is 0.336 e. The number of nitrogens with zero attached hydrogens (tertiary/aromatic N) is 4. The van der Waals surface area contributed by atoms with Crippen LogP contribution < -0.4 is 0 Å². The number of fused-ring (bicyclic) bond motifs is 1. The third kappa shape index (κ3) is 4.31. The summed E-state index contributed by atoms with van der Waals surface area (Å²) < 4.78 is 27.3. The number of benzene rings is 2. The standard InChI is InChI=1S/C23H24N4O5S/c1-16(2)20-15-18(17-7-3-4-8-19(17)24-20)23(28)25-11-13-26(14-12-25)33(31,32)22-10-6-5-9-21(22)27(29)30/h3-10,15-16H,11-14H2,1-2H3. The van der Waals surface area contributed by atoms with E-state index in [4.69, 9.17) is 0 Å². The van der Waals surface area contributed by atoms with Gasteiger partial charge >= 0.3 is 0 Å². The number of nitro groups is 1. The average molecular weight is 469 g/mol. The second-order valence-electron chi connectivity index (χ2n) is 8.19. The summed E-state index contributed by atoms with van der Waals surface area (Å²) >= 11 is 0. The van der Waals surface area contributed by atoms with Gasteiger partial charge in [-0.2, -0.15) is 4.31 Å². The normalized spacial score (nSPS) is 15.2.